The van der Waals surface area contributed by atoms with Crippen molar-refractivity contribution in [2.75, 3.05) is 4.90 Å². The van der Waals surface area contributed by atoms with Gasteiger partial charge in [-0.1, -0.05) is 60.7 Å². The molecular formula is C28H19FN2O4S. The lowest BCUT2D eigenvalue weighted by atomic mass is 9.94. The molecule has 1 unspecified atom stereocenters. The van der Waals surface area contributed by atoms with Crippen molar-refractivity contribution >= 4 is 49.3 Å². The molecule has 1 atom stereocenters. The summed E-state index contributed by atoms with van der Waals surface area (Å²) < 4.78 is 20.1. The molecule has 178 valence electrons. The SMILES string of the molecule is CCc1ccc(C2C(C(=O)c3cc4ccccc4o3)=C(O)C(=O)N2c2nc3ccc(F)cc3s2)cc1. The normalized spacial score (nSPS) is 16.0. The van der Waals surface area contributed by atoms with E-state index in [4.69, 9.17) is 4.42 Å². The van der Waals surface area contributed by atoms with Crippen LogP contribution < -0.4 is 4.90 Å². The van der Waals surface area contributed by atoms with Gasteiger partial charge in [0, 0.05) is 5.39 Å². The molecule has 3 aromatic carbocycles. The standard InChI is InChI=1S/C28H19FN2O4S/c1-2-15-7-9-16(10-8-15)24-23(25(32)21-13-17-5-3-4-6-20(17)35-21)26(33)27(34)31(24)28-30-19-12-11-18(29)14-22(19)36-28/h3-14,24,33H,2H2,1H3. The van der Waals surface area contributed by atoms with Crippen molar-refractivity contribution in [3.05, 3.63) is 107 Å². The van der Waals surface area contributed by atoms with E-state index in [1.165, 1.54) is 23.1 Å². The van der Waals surface area contributed by atoms with E-state index in [0.717, 1.165) is 28.7 Å². The lowest BCUT2D eigenvalue weighted by molar-refractivity contribution is -0.117. The van der Waals surface area contributed by atoms with Crippen LogP contribution in [0.5, 0.6) is 0 Å². The third-order valence-electron chi connectivity index (χ3n) is 6.35. The smallest absolute Gasteiger partial charge is 0.296 e. The van der Waals surface area contributed by atoms with E-state index < -0.39 is 29.3 Å². The zero-order valence-corrected chi connectivity index (χ0v) is 19.9. The van der Waals surface area contributed by atoms with Gasteiger partial charge in [0.2, 0.25) is 5.78 Å². The van der Waals surface area contributed by atoms with Crippen LogP contribution in [0.1, 0.15) is 34.6 Å². The molecular weight excluding hydrogens is 479 g/mol. The van der Waals surface area contributed by atoms with Gasteiger partial charge in [0.1, 0.15) is 11.4 Å². The lowest BCUT2D eigenvalue weighted by Gasteiger charge is -2.24. The number of carbonyl (C=O) groups is 2. The van der Waals surface area contributed by atoms with Crippen LogP contribution in [-0.4, -0.2) is 21.8 Å². The molecule has 1 aliphatic heterocycles. The first-order valence-corrected chi connectivity index (χ1v) is 12.2. The highest BCUT2D eigenvalue weighted by Crippen LogP contribution is 2.44. The number of para-hydroxylation sites is 1. The van der Waals surface area contributed by atoms with Gasteiger partial charge < -0.3 is 9.52 Å². The number of fused-ring (bicyclic) bond motifs is 2. The second kappa shape index (κ2) is 8.42. The van der Waals surface area contributed by atoms with E-state index >= 15 is 0 Å². The average Bonchev–Trinajstić information content (AvgIpc) is 3.57. The van der Waals surface area contributed by atoms with E-state index in [0.29, 0.717) is 21.4 Å². The Labute approximate surface area is 208 Å². The van der Waals surface area contributed by atoms with Crippen molar-refractivity contribution in [1.82, 2.24) is 4.98 Å². The van der Waals surface area contributed by atoms with E-state index in [2.05, 4.69) is 4.98 Å². The third-order valence-corrected chi connectivity index (χ3v) is 7.37. The van der Waals surface area contributed by atoms with Crippen LogP contribution in [0.3, 0.4) is 0 Å². The number of carbonyl (C=O) groups excluding carboxylic acids is 2. The van der Waals surface area contributed by atoms with Crippen LogP contribution in [0.25, 0.3) is 21.2 Å². The van der Waals surface area contributed by atoms with E-state index in [1.807, 2.05) is 43.3 Å². The molecule has 6 nitrogen and oxygen atoms in total. The number of aliphatic hydroxyl groups is 1. The average molecular weight is 499 g/mol. The first-order chi connectivity index (χ1) is 17.4. The fraction of sp³-hybridized carbons (Fsp3) is 0.107. The fourth-order valence-corrected chi connectivity index (χ4v) is 5.52. The number of hydrogen-bond donors (Lipinski definition) is 1. The van der Waals surface area contributed by atoms with Crippen LogP contribution in [0, 0.1) is 5.82 Å². The first kappa shape index (κ1) is 22.2. The van der Waals surface area contributed by atoms with E-state index in [1.54, 1.807) is 18.2 Å². The Bertz CT molecular complexity index is 1670. The second-order valence-corrected chi connectivity index (χ2v) is 9.53. The maximum Gasteiger partial charge on any atom is 0.296 e. The highest BCUT2D eigenvalue weighted by atomic mass is 32.1. The summed E-state index contributed by atoms with van der Waals surface area (Å²) in [7, 11) is 0. The molecule has 5 aromatic rings. The van der Waals surface area contributed by atoms with Crippen molar-refractivity contribution in [3.8, 4) is 0 Å². The summed E-state index contributed by atoms with van der Waals surface area (Å²) in [5.41, 5.74) is 2.67. The third kappa shape index (κ3) is 3.49. The molecule has 0 aliphatic carbocycles. The largest absolute Gasteiger partial charge is 0.503 e. The van der Waals surface area contributed by atoms with E-state index in [-0.39, 0.29) is 16.5 Å². The highest BCUT2D eigenvalue weighted by molar-refractivity contribution is 7.22. The summed E-state index contributed by atoms with van der Waals surface area (Å²) in [4.78, 5) is 32.9. The molecule has 0 bridgehead atoms. The topological polar surface area (TPSA) is 83.6 Å². The molecule has 1 amide bonds. The number of aryl methyl sites for hydroxylation is 1. The zero-order valence-electron chi connectivity index (χ0n) is 19.1. The Hall–Kier alpha value is -4.30. The number of hydrogen-bond acceptors (Lipinski definition) is 6. The molecule has 3 heterocycles. The molecule has 0 saturated heterocycles. The Kier molecular flexibility index (Phi) is 5.19. The summed E-state index contributed by atoms with van der Waals surface area (Å²) in [5.74, 6) is -2.39. The predicted molar refractivity (Wildman–Crippen MR) is 136 cm³/mol. The van der Waals surface area contributed by atoms with Gasteiger partial charge in [-0.3, -0.25) is 14.5 Å². The van der Waals surface area contributed by atoms with Gasteiger partial charge in [-0.25, -0.2) is 9.37 Å². The van der Waals surface area contributed by atoms with Crippen LogP contribution in [0.2, 0.25) is 0 Å². The summed E-state index contributed by atoms with van der Waals surface area (Å²) >= 11 is 1.12. The number of thiazole rings is 1. The minimum Gasteiger partial charge on any atom is -0.503 e. The number of aliphatic hydroxyl groups excluding tert-OH is 1. The first-order valence-electron chi connectivity index (χ1n) is 11.4. The maximum absolute atomic E-state index is 13.8. The number of furan rings is 1. The van der Waals surface area contributed by atoms with Gasteiger partial charge >= 0.3 is 0 Å². The fourth-order valence-electron chi connectivity index (χ4n) is 4.50. The molecule has 8 heteroatoms. The van der Waals surface area contributed by atoms with Gasteiger partial charge in [-0.15, -0.1) is 0 Å². The lowest BCUT2D eigenvalue weighted by Crippen LogP contribution is -2.31. The number of benzene rings is 3. The molecule has 36 heavy (non-hydrogen) atoms. The Balaban J connectivity index is 1.51. The van der Waals surface area contributed by atoms with Gasteiger partial charge in [-0.2, -0.15) is 0 Å². The summed E-state index contributed by atoms with van der Waals surface area (Å²) in [6.45, 7) is 2.03. The van der Waals surface area contributed by atoms with Crippen molar-refractivity contribution in [2.24, 2.45) is 0 Å². The highest BCUT2D eigenvalue weighted by Gasteiger charge is 2.46. The maximum atomic E-state index is 13.8. The van der Waals surface area contributed by atoms with E-state index in [9.17, 15) is 19.1 Å². The Morgan fingerprint density at radius 1 is 1.11 bits per heavy atom. The van der Waals surface area contributed by atoms with Crippen LogP contribution in [0.15, 0.2) is 88.5 Å². The molecule has 2 aromatic heterocycles. The molecule has 0 saturated carbocycles. The van der Waals surface area contributed by atoms with Crippen LogP contribution in [-0.2, 0) is 11.2 Å². The van der Waals surface area contributed by atoms with Gasteiger partial charge in [0.05, 0.1) is 21.8 Å². The number of halogens is 1. The minimum atomic E-state index is -0.936. The van der Waals surface area contributed by atoms with Crippen LogP contribution >= 0.6 is 11.3 Å². The molecule has 0 fully saturated rings. The van der Waals surface area contributed by atoms with Crippen LogP contribution in [0.4, 0.5) is 9.52 Å². The zero-order chi connectivity index (χ0) is 25.0. The van der Waals surface area contributed by atoms with Crippen molar-refractivity contribution < 1.29 is 23.5 Å². The number of ketones is 1. The minimum absolute atomic E-state index is 0.0222. The van der Waals surface area contributed by atoms with Gasteiger partial charge in [-0.05, 0) is 47.9 Å². The number of rotatable bonds is 5. The molecule has 1 N–H and O–H groups in total. The number of nitrogens with zero attached hydrogens (tertiary/aromatic N) is 2. The molecule has 0 spiro atoms. The molecule has 6 rings (SSSR count). The summed E-state index contributed by atoms with van der Waals surface area (Å²) in [6.07, 6.45) is 0.822. The quantitative estimate of drug-likeness (QED) is 0.279. The van der Waals surface area contributed by atoms with Crippen molar-refractivity contribution in [2.45, 2.75) is 19.4 Å². The number of aromatic nitrogens is 1. The Morgan fingerprint density at radius 2 is 1.89 bits per heavy atom. The van der Waals surface area contributed by atoms with Crippen molar-refractivity contribution in [3.63, 3.8) is 0 Å². The van der Waals surface area contributed by atoms with Gasteiger partial charge in [0.25, 0.3) is 5.91 Å². The predicted octanol–water partition coefficient (Wildman–Crippen LogP) is 6.53. The monoisotopic (exact) mass is 498 g/mol. The molecule has 0 radical (unpaired) electrons. The summed E-state index contributed by atoms with van der Waals surface area (Å²) in [5, 5.41) is 12.0. The number of Topliss-reactive ketones (excluding diaryl/α,β-unsaturated/α-hetero) is 1. The number of anilines is 1. The molecule has 1 aliphatic rings. The van der Waals surface area contributed by atoms with Gasteiger partial charge in [0.15, 0.2) is 16.7 Å². The number of amides is 1. The Morgan fingerprint density at radius 3 is 2.64 bits per heavy atom. The summed E-state index contributed by atoms with van der Waals surface area (Å²) in [6, 6.07) is 19.5. The second-order valence-electron chi connectivity index (χ2n) is 8.52. The van der Waals surface area contributed by atoms with Crippen molar-refractivity contribution in [1.29, 1.82) is 0 Å².